The van der Waals surface area contributed by atoms with Crippen molar-refractivity contribution in [2.45, 2.75) is 38.8 Å². The van der Waals surface area contributed by atoms with E-state index in [1.54, 1.807) is 7.05 Å². The van der Waals surface area contributed by atoms with Gasteiger partial charge in [0.1, 0.15) is 0 Å². The van der Waals surface area contributed by atoms with E-state index < -0.39 is 0 Å². The van der Waals surface area contributed by atoms with Gasteiger partial charge >= 0.3 is 0 Å². The van der Waals surface area contributed by atoms with Crippen LogP contribution in [0, 0.1) is 0 Å². The van der Waals surface area contributed by atoms with Crippen molar-refractivity contribution in [2.75, 3.05) is 25.0 Å². The highest BCUT2D eigenvalue weighted by Gasteiger charge is 2.21. The van der Waals surface area contributed by atoms with Gasteiger partial charge < -0.3 is 15.5 Å². The highest BCUT2D eigenvalue weighted by molar-refractivity contribution is 6.30. The maximum atomic E-state index is 11.7. The Bertz CT molecular complexity index is 488. The quantitative estimate of drug-likeness (QED) is 0.775. The number of anilines is 1. The SMILES string of the molecule is CCCN(CC(=O)NC)c1ccc(Cl)cc1CNC1CC1. The third-order valence-corrected chi connectivity index (χ3v) is 3.88. The van der Waals surface area contributed by atoms with Gasteiger partial charge in [0.2, 0.25) is 5.91 Å². The molecule has 21 heavy (non-hydrogen) atoms. The minimum atomic E-state index is 0.0273. The van der Waals surface area contributed by atoms with Gasteiger partial charge in [0.05, 0.1) is 6.54 Å². The number of carbonyl (C=O) groups excluding carboxylic acids is 1. The summed E-state index contributed by atoms with van der Waals surface area (Å²) in [6.07, 6.45) is 3.51. The van der Waals surface area contributed by atoms with Gasteiger partial charge in [-0.15, -0.1) is 0 Å². The van der Waals surface area contributed by atoms with Gasteiger partial charge in [0.15, 0.2) is 0 Å². The van der Waals surface area contributed by atoms with E-state index in [4.69, 9.17) is 11.6 Å². The third kappa shape index (κ3) is 4.90. The number of likely N-dealkylation sites (N-methyl/N-ethyl adjacent to an activating group) is 1. The Morgan fingerprint density at radius 3 is 2.81 bits per heavy atom. The fourth-order valence-corrected chi connectivity index (χ4v) is 2.55. The number of benzene rings is 1. The molecule has 0 bridgehead atoms. The second-order valence-corrected chi connectivity index (χ2v) is 5.96. The summed E-state index contributed by atoms with van der Waals surface area (Å²) in [6.45, 7) is 4.15. The van der Waals surface area contributed by atoms with Crippen LogP contribution >= 0.6 is 11.6 Å². The number of nitrogens with one attached hydrogen (secondary N) is 2. The maximum absolute atomic E-state index is 11.7. The van der Waals surface area contributed by atoms with E-state index >= 15 is 0 Å². The lowest BCUT2D eigenvalue weighted by Crippen LogP contribution is -2.37. The predicted molar refractivity (Wildman–Crippen MR) is 87.9 cm³/mol. The molecule has 0 heterocycles. The molecule has 1 saturated carbocycles. The Morgan fingerprint density at radius 2 is 2.19 bits per heavy atom. The maximum Gasteiger partial charge on any atom is 0.239 e. The molecule has 0 spiro atoms. The molecule has 116 valence electrons. The molecule has 0 atom stereocenters. The van der Waals surface area contributed by atoms with Crippen molar-refractivity contribution in [1.82, 2.24) is 10.6 Å². The molecule has 0 aliphatic heterocycles. The third-order valence-electron chi connectivity index (χ3n) is 3.65. The highest BCUT2D eigenvalue weighted by atomic mass is 35.5. The second-order valence-electron chi connectivity index (χ2n) is 5.52. The highest BCUT2D eigenvalue weighted by Crippen LogP contribution is 2.26. The zero-order valence-electron chi connectivity index (χ0n) is 12.8. The lowest BCUT2D eigenvalue weighted by Gasteiger charge is -2.26. The van der Waals surface area contributed by atoms with Crippen LogP contribution in [0.5, 0.6) is 0 Å². The molecule has 5 heteroatoms. The molecule has 1 amide bonds. The molecule has 2 N–H and O–H groups in total. The van der Waals surface area contributed by atoms with E-state index in [1.807, 2.05) is 18.2 Å². The number of carbonyl (C=O) groups is 1. The number of halogens is 1. The molecule has 0 unspecified atom stereocenters. The Labute approximate surface area is 131 Å². The summed E-state index contributed by atoms with van der Waals surface area (Å²) in [6, 6.07) is 6.56. The first-order valence-corrected chi connectivity index (χ1v) is 7.99. The fraction of sp³-hybridized carbons (Fsp3) is 0.562. The van der Waals surface area contributed by atoms with E-state index in [0.717, 1.165) is 35.8 Å². The van der Waals surface area contributed by atoms with Crippen LogP contribution < -0.4 is 15.5 Å². The Kier molecular flexibility index (Phi) is 5.88. The van der Waals surface area contributed by atoms with Gasteiger partial charge in [0, 0.05) is 36.9 Å². The summed E-state index contributed by atoms with van der Waals surface area (Å²) < 4.78 is 0. The van der Waals surface area contributed by atoms with Crippen molar-refractivity contribution in [3.63, 3.8) is 0 Å². The number of hydrogen-bond acceptors (Lipinski definition) is 3. The number of rotatable bonds is 8. The molecule has 1 aliphatic rings. The summed E-state index contributed by atoms with van der Waals surface area (Å²) in [5.41, 5.74) is 2.25. The smallest absolute Gasteiger partial charge is 0.239 e. The summed E-state index contributed by atoms with van der Waals surface area (Å²) in [4.78, 5) is 13.9. The standard InChI is InChI=1S/C16H24ClN3O/c1-3-8-20(11-16(21)18-2)15-7-4-13(17)9-12(15)10-19-14-5-6-14/h4,7,9,14,19H,3,5-6,8,10-11H2,1-2H3,(H,18,21). The topological polar surface area (TPSA) is 44.4 Å². The van der Waals surface area contributed by atoms with Crippen molar-refractivity contribution < 1.29 is 4.79 Å². The zero-order chi connectivity index (χ0) is 15.2. The summed E-state index contributed by atoms with van der Waals surface area (Å²) in [5.74, 6) is 0.0273. The summed E-state index contributed by atoms with van der Waals surface area (Å²) in [5, 5.41) is 6.95. The van der Waals surface area contributed by atoms with Crippen molar-refractivity contribution >= 4 is 23.2 Å². The normalized spacial score (nSPS) is 14.0. The lowest BCUT2D eigenvalue weighted by molar-refractivity contribution is -0.119. The van der Waals surface area contributed by atoms with Gasteiger partial charge in [-0.1, -0.05) is 18.5 Å². The van der Waals surface area contributed by atoms with Crippen molar-refractivity contribution in [3.8, 4) is 0 Å². The van der Waals surface area contributed by atoms with Crippen LogP contribution in [0.1, 0.15) is 31.7 Å². The van der Waals surface area contributed by atoms with E-state index in [0.29, 0.717) is 12.6 Å². The van der Waals surface area contributed by atoms with E-state index in [1.165, 1.54) is 12.8 Å². The van der Waals surface area contributed by atoms with Gasteiger partial charge in [-0.3, -0.25) is 4.79 Å². The van der Waals surface area contributed by atoms with Crippen molar-refractivity contribution in [2.24, 2.45) is 0 Å². The number of nitrogens with zero attached hydrogens (tertiary/aromatic N) is 1. The van der Waals surface area contributed by atoms with E-state index in [2.05, 4.69) is 22.5 Å². The van der Waals surface area contributed by atoms with Crippen LogP contribution in [-0.4, -0.2) is 32.1 Å². The molecule has 1 aliphatic carbocycles. The summed E-state index contributed by atoms with van der Waals surface area (Å²) >= 11 is 6.14. The Hall–Kier alpha value is -1.26. The van der Waals surface area contributed by atoms with Gasteiger partial charge in [-0.25, -0.2) is 0 Å². The monoisotopic (exact) mass is 309 g/mol. The average Bonchev–Trinajstić information content (AvgIpc) is 3.29. The first kappa shape index (κ1) is 16.1. The van der Waals surface area contributed by atoms with Crippen molar-refractivity contribution in [1.29, 1.82) is 0 Å². The number of hydrogen-bond donors (Lipinski definition) is 2. The first-order chi connectivity index (χ1) is 10.1. The van der Waals surface area contributed by atoms with Crippen LogP contribution in [0.3, 0.4) is 0 Å². The minimum Gasteiger partial charge on any atom is -0.362 e. The molecule has 2 rings (SSSR count). The minimum absolute atomic E-state index is 0.0273. The molecule has 4 nitrogen and oxygen atoms in total. The van der Waals surface area contributed by atoms with Crippen LogP contribution in [0.2, 0.25) is 5.02 Å². The Balaban J connectivity index is 2.17. The largest absolute Gasteiger partial charge is 0.362 e. The molecule has 1 aromatic rings. The molecule has 0 aromatic heterocycles. The zero-order valence-corrected chi connectivity index (χ0v) is 13.5. The molecular weight excluding hydrogens is 286 g/mol. The van der Waals surface area contributed by atoms with E-state index in [-0.39, 0.29) is 5.91 Å². The van der Waals surface area contributed by atoms with Crippen LogP contribution in [0.25, 0.3) is 0 Å². The Morgan fingerprint density at radius 1 is 1.43 bits per heavy atom. The van der Waals surface area contributed by atoms with Crippen LogP contribution in [-0.2, 0) is 11.3 Å². The van der Waals surface area contributed by atoms with Crippen LogP contribution in [0.15, 0.2) is 18.2 Å². The van der Waals surface area contributed by atoms with Crippen molar-refractivity contribution in [3.05, 3.63) is 28.8 Å². The molecule has 1 fully saturated rings. The van der Waals surface area contributed by atoms with E-state index in [9.17, 15) is 4.79 Å². The number of amides is 1. The van der Waals surface area contributed by atoms with Gasteiger partial charge in [0.25, 0.3) is 0 Å². The lowest BCUT2D eigenvalue weighted by atomic mass is 10.1. The molecule has 0 radical (unpaired) electrons. The van der Waals surface area contributed by atoms with Gasteiger partial charge in [-0.05, 0) is 43.0 Å². The molecule has 0 saturated heterocycles. The van der Waals surface area contributed by atoms with Gasteiger partial charge in [-0.2, -0.15) is 0 Å². The molecule has 1 aromatic carbocycles. The van der Waals surface area contributed by atoms with Crippen LogP contribution in [0.4, 0.5) is 5.69 Å². The first-order valence-electron chi connectivity index (χ1n) is 7.61. The second kappa shape index (κ2) is 7.66. The average molecular weight is 310 g/mol. The molecular formula is C16H24ClN3O. The summed E-state index contributed by atoms with van der Waals surface area (Å²) in [7, 11) is 1.67. The fourth-order valence-electron chi connectivity index (χ4n) is 2.35. The predicted octanol–water partition coefficient (Wildman–Crippen LogP) is 2.55.